The fourth-order valence-corrected chi connectivity index (χ4v) is 1.71. The Labute approximate surface area is 113 Å². The Bertz CT molecular complexity index is 495. The molecule has 0 amide bonds. The highest BCUT2D eigenvalue weighted by Gasteiger charge is 2.09. The lowest BCUT2D eigenvalue weighted by Crippen LogP contribution is -2.27. The van der Waals surface area contributed by atoms with Crippen molar-refractivity contribution in [3.05, 3.63) is 21.0 Å². The van der Waals surface area contributed by atoms with Gasteiger partial charge in [0.25, 0.3) is 5.56 Å². The fraction of sp³-hybridized carbons (Fsp3) is 0.455. The molecule has 0 aliphatic carbocycles. The monoisotopic (exact) mass is 315 g/mol. The quantitative estimate of drug-likeness (QED) is 0.726. The molecular weight excluding hydrogens is 302 g/mol. The lowest BCUT2D eigenvalue weighted by Gasteiger charge is -2.13. The van der Waals surface area contributed by atoms with Crippen molar-refractivity contribution in [3.63, 3.8) is 0 Å². The Kier molecular flexibility index (Phi) is 5.85. The van der Waals surface area contributed by atoms with Crippen molar-refractivity contribution in [2.45, 2.75) is 12.6 Å². The van der Waals surface area contributed by atoms with Crippen LogP contribution < -0.4 is 10.9 Å². The van der Waals surface area contributed by atoms with Crippen LogP contribution in [0.2, 0.25) is 0 Å². The SMILES string of the molecule is C#CCn1ncc(NCC(O)COC)c(Br)c1=O. The highest BCUT2D eigenvalue weighted by atomic mass is 79.9. The Balaban J connectivity index is 2.77. The zero-order chi connectivity index (χ0) is 13.5. The van der Waals surface area contributed by atoms with E-state index >= 15 is 0 Å². The van der Waals surface area contributed by atoms with E-state index < -0.39 is 6.10 Å². The number of halogens is 1. The third kappa shape index (κ3) is 3.84. The van der Waals surface area contributed by atoms with E-state index in [2.05, 4.69) is 32.3 Å². The zero-order valence-electron chi connectivity index (χ0n) is 9.89. The van der Waals surface area contributed by atoms with Gasteiger partial charge in [-0.2, -0.15) is 5.10 Å². The normalized spacial score (nSPS) is 11.9. The molecular formula is C11H14BrN3O3. The lowest BCUT2D eigenvalue weighted by atomic mass is 10.3. The van der Waals surface area contributed by atoms with Gasteiger partial charge in [-0.05, 0) is 15.9 Å². The maximum absolute atomic E-state index is 11.8. The molecule has 1 atom stereocenters. The number of rotatable bonds is 6. The molecule has 0 saturated carbocycles. The average molecular weight is 316 g/mol. The summed E-state index contributed by atoms with van der Waals surface area (Å²) in [7, 11) is 1.50. The fourth-order valence-electron chi connectivity index (χ4n) is 1.27. The van der Waals surface area contributed by atoms with Gasteiger partial charge in [-0.15, -0.1) is 6.42 Å². The average Bonchev–Trinajstić information content (AvgIpc) is 2.35. The number of nitrogens with zero attached hydrogens (tertiary/aromatic N) is 2. The van der Waals surface area contributed by atoms with E-state index in [1.54, 1.807) is 0 Å². The van der Waals surface area contributed by atoms with Gasteiger partial charge in [0.2, 0.25) is 0 Å². The predicted molar refractivity (Wildman–Crippen MR) is 71.4 cm³/mol. The number of methoxy groups -OCH3 is 1. The van der Waals surface area contributed by atoms with E-state index in [0.29, 0.717) is 10.2 Å². The molecule has 7 heteroatoms. The predicted octanol–water partition coefficient (Wildman–Crippen LogP) is 0.0582. The van der Waals surface area contributed by atoms with Gasteiger partial charge in [0, 0.05) is 13.7 Å². The molecule has 0 fully saturated rings. The summed E-state index contributed by atoms with van der Waals surface area (Å²) in [5, 5.41) is 16.3. The van der Waals surface area contributed by atoms with E-state index in [0.717, 1.165) is 0 Å². The van der Waals surface area contributed by atoms with Crippen LogP contribution in [0.15, 0.2) is 15.5 Å². The molecule has 1 rings (SSSR count). The molecule has 1 aromatic heterocycles. The molecule has 0 saturated heterocycles. The van der Waals surface area contributed by atoms with E-state index in [-0.39, 0.29) is 25.3 Å². The van der Waals surface area contributed by atoms with Gasteiger partial charge < -0.3 is 15.2 Å². The second-order valence-corrected chi connectivity index (χ2v) is 4.32. The Morgan fingerprint density at radius 3 is 3.11 bits per heavy atom. The molecule has 0 radical (unpaired) electrons. The van der Waals surface area contributed by atoms with Crippen LogP contribution in [-0.2, 0) is 11.3 Å². The Hall–Kier alpha value is -1.36. The van der Waals surface area contributed by atoms with Crippen molar-refractivity contribution in [3.8, 4) is 12.3 Å². The number of hydrogen-bond donors (Lipinski definition) is 2. The topological polar surface area (TPSA) is 76.4 Å². The molecule has 0 spiro atoms. The minimum Gasteiger partial charge on any atom is -0.389 e. The maximum atomic E-state index is 11.8. The summed E-state index contributed by atoms with van der Waals surface area (Å²) >= 11 is 3.17. The summed E-state index contributed by atoms with van der Waals surface area (Å²) < 4.78 is 6.29. The molecule has 18 heavy (non-hydrogen) atoms. The summed E-state index contributed by atoms with van der Waals surface area (Å²) in [5.41, 5.74) is 0.183. The molecule has 2 N–H and O–H groups in total. The first kappa shape index (κ1) is 14.7. The first-order chi connectivity index (χ1) is 8.60. The molecule has 1 aromatic rings. The van der Waals surface area contributed by atoms with Gasteiger partial charge in [0.1, 0.15) is 11.0 Å². The molecule has 98 valence electrons. The van der Waals surface area contributed by atoms with Crippen LogP contribution in [0.25, 0.3) is 0 Å². The minimum atomic E-state index is -0.657. The summed E-state index contributed by atoms with van der Waals surface area (Å²) in [6, 6.07) is 0. The van der Waals surface area contributed by atoms with E-state index in [4.69, 9.17) is 11.2 Å². The van der Waals surface area contributed by atoms with Gasteiger partial charge in [0.15, 0.2) is 0 Å². The Morgan fingerprint density at radius 1 is 1.78 bits per heavy atom. The van der Waals surface area contributed by atoms with Crippen LogP contribution in [-0.4, -0.2) is 41.3 Å². The van der Waals surface area contributed by atoms with Crippen molar-refractivity contribution >= 4 is 21.6 Å². The third-order valence-corrected chi connectivity index (χ3v) is 2.88. The third-order valence-electron chi connectivity index (χ3n) is 2.11. The second-order valence-electron chi connectivity index (χ2n) is 3.53. The number of ether oxygens (including phenoxy) is 1. The molecule has 0 bridgehead atoms. The maximum Gasteiger partial charge on any atom is 0.284 e. The highest BCUT2D eigenvalue weighted by molar-refractivity contribution is 9.10. The van der Waals surface area contributed by atoms with Crippen LogP contribution in [0.5, 0.6) is 0 Å². The minimum absolute atomic E-state index is 0.115. The van der Waals surface area contributed by atoms with Crippen molar-refractivity contribution in [2.75, 3.05) is 25.6 Å². The standard InChI is InChI=1S/C11H14BrN3O3/c1-3-4-15-11(17)10(12)9(6-14-15)13-5-8(16)7-18-2/h1,6,8,13,16H,4-5,7H2,2H3. The zero-order valence-corrected chi connectivity index (χ0v) is 11.5. The summed E-state index contributed by atoms with van der Waals surface area (Å²) in [6.07, 6.45) is 5.94. The molecule has 1 heterocycles. The number of aromatic nitrogens is 2. The number of hydrogen-bond acceptors (Lipinski definition) is 5. The first-order valence-corrected chi connectivity index (χ1v) is 5.99. The molecule has 6 nitrogen and oxygen atoms in total. The molecule has 0 aromatic carbocycles. The second kappa shape index (κ2) is 7.16. The van der Waals surface area contributed by atoms with Gasteiger partial charge in [0.05, 0.1) is 24.6 Å². The summed E-state index contributed by atoms with van der Waals surface area (Å²) in [6.45, 7) is 0.586. The molecule has 0 aliphatic rings. The molecule has 0 aliphatic heterocycles. The number of aliphatic hydroxyl groups excluding tert-OH is 1. The summed E-state index contributed by atoms with van der Waals surface area (Å²) in [5.74, 6) is 2.34. The smallest absolute Gasteiger partial charge is 0.284 e. The van der Waals surface area contributed by atoms with Crippen molar-refractivity contribution in [2.24, 2.45) is 0 Å². The lowest BCUT2D eigenvalue weighted by molar-refractivity contribution is 0.0727. The molecule has 1 unspecified atom stereocenters. The van der Waals surface area contributed by atoms with Crippen LogP contribution in [0, 0.1) is 12.3 Å². The highest BCUT2D eigenvalue weighted by Crippen LogP contribution is 2.15. The van der Waals surface area contributed by atoms with Crippen molar-refractivity contribution < 1.29 is 9.84 Å². The first-order valence-electron chi connectivity index (χ1n) is 5.20. The number of nitrogens with one attached hydrogen (secondary N) is 1. The van der Waals surface area contributed by atoms with E-state index in [1.165, 1.54) is 18.0 Å². The van der Waals surface area contributed by atoms with Crippen LogP contribution in [0.4, 0.5) is 5.69 Å². The van der Waals surface area contributed by atoms with Crippen molar-refractivity contribution in [1.82, 2.24) is 9.78 Å². The van der Waals surface area contributed by atoms with Crippen LogP contribution >= 0.6 is 15.9 Å². The van der Waals surface area contributed by atoms with Crippen molar-refractivity contribution in [1.29, 1.82) is 0 Å². The number of aliphatic hydroxyl groups is 1. The van der Waals surface area contributed by atoms with Gasteiger partial charge in [-0.1, -0.05) is 5.92 Å². The van der Waals surface area contributed by atoms with Crippen LogP contribution in [0.3, 0.4) is 0 Å². The van der Waals surface area contributed by atoms with Gasteiger partial charge in [-0.3, -0.25) is 4.79 Å². The summed E-state index contributed by atoms with van der Waals surface area (Å²) in [4.78, 5) is 11.8. The largest absolute Gasteiger partial charge is 0.389 e. The Morgan fingerprint density at radius 2 is 2.50 bits per heavy atom. The van der Waals surface area contributed by atoms with Gasteiger partial charge in [-0.25, -0.2) is 4.68 Å². The van der Waals surface area contributed by atoms with E-state index in [9.17, 15) is 9.90 Å². The number of terminal acetylenes is 1. The van der Waals surface area contributed by atoms with Gasteiger partial charge >= 0.3 is 0 Å². The number of anilines is 1. The van der Waals surface area contributed by atoms with E-state index in [1.807, 2.05) is 0 Å². The van der Waals surface area contributed by atoms with Crippen LogP contribution in [0.1, 0.15) is 0 Å².